The minimum atomic E-state index is 0.0766. The van der Waals surface area contributed by atoms with Crippen LogP contribution in [-0.4, -0.2) is 19.8 Å². The molecular formula is C17H17BrO3. The number of fused-ring (bicyclic) bond motifs is 1. The number of ether oxygens (including phenoxy) is 3. The second-order valence-electron chi connectivity index (χ2n) is 4.97. The number of methoxy groups -OCH3 is 1. The summed E-state index contributed by atoms with van der Waals surface area (Å²) < 4.78 is 17.0. The Labute approximate surface area is 133 Å². The molecule has 110 valence electrons. The van der Waals surface area contributed by atoms with Crippen molar-refractivity contribution in [3.05, 3.63) is 53.6 Å². The van der Waals surface area contributed by atoms with Crippen LogP contribution in [0.1, 0.15) is 11.1 Å². The lowest BCUT2D eigenvalue weighted by Crippen LogP contribution is -2.22. The van der Waals surface area contributed by atoms with Crippen molar-refractivity contribution < 1.29 is 14.2 Å². The molecule has 3 nitrogen and oxygen atoms in total. The Kier molecular flexibility index (Phi) is 4.34. The van der Waals surface area contributed by atoms with Gasteiger partial charge in [0.15, 0.2) is 0 Å². The average Bonchev–Trinajstić information content (AvgIpc) is 2.95. The lowest BCUT2D eigenvalue weighted by atomic mass is 10.1. The van der Waals surface area contributed by atoms with Crippen LogP contribution in [0.3, 0.4) is 0 Å². The fourth-order valence-corrected chi connectivity index (χ4v) is 2.90. The van der Waals surface area contributed by atoms with Gasteiger partial charge in [-0.2, -0.15) is 0 Å². The van der Waals surface area contributed by atoms with Crippen molar-refractivity contribution in [3.63, 3.8) is 0 Å². The zero-order valence-electron chi connectivity index (χ0n) is 11.8. The third-order valence-electron chi connectivity index (χ3n) is 3.55. The van der Waals surface area contributed by atoms with E-state index in [1.807, 2.05) is 36.4 Å². The van der Waals surface area contributed by atoms with Gasteiger partial charge in [0.05, 0.1) is 7.11 Å². The van der Waals surface area contributed by atoms with Crippen LogP contribution in [0.2, 0.25) is 0 Å². The summed E-state index contributed by atoms with van der Waals surface area (Å²) in [5, 5.41) is 0.727. The van der Waals surface area contributed by atoms with E-state index in [1.54, 1.807) is 7.11 Å². The normalized spacial score (nSPS) is 16.2. The van der Waals surface area contributed by atoms with Gasteiger partial charge in [0.25, 0.3) is 0 Å². The molecule has 1 atom stereocenters. The topological polar surface area (TPSA) is 27.7 Å². The second-order valence-corrected chi connectivity index (χ2v) is 5.53. The van der Waals surface area contributed by atoms with E-state index in [4.69, 9.17) is 14.2 Å². The van der Waals surface area contributed by atoms with Crippen LogP contribution in [0.4, 0.5) is 0 Å². The molecule has 1 aliphatic rings. The van der Waals surface area contributed by atoms with E-state index in [2.05, 4.69) is 22.0 Å². The SMILES string of the molecule is COc1ccc(OCC2Cc3ccccc3O2)c(CBr)c1. The van der Waals surface area contributed by atoms with Gasteiger partial charge in [-0.1, -0.05) is 34.1 Å². The fraction of sp³-hybridized carbons (Fsp3) is 0.294. The summed E-state index contributed by atoms with van der Waals surface area (Å²) in [5.41, 5.74) is 2.33. The number of para-hydroxylation sites is 1. The molecule has 0 saturated heterocycles. The molecule has 2 aromatic carbocycles. The Bertz CT molecular complexity index is 602. The molecule has 0 saturated carbocycles. The minimum Gasteiger partial charge on any atom is -0.497 e. The summed E-state index contributed by atoms with van der Waals surface area (Å²) in [6.07, 6.45) is 0.975. The summed E-state index contributed by atoms with van der Waals surface area (Å²) in [7, 11) is 1.66. The maximum atomic E-state index is 5.93. The molecular weight excluding hydrogens is 332 g/mol. The van der Waals surface area contributed by atoms with Gasteiger partial charge >= 0.3 is 0 Å². The average molecular weight is 349 g/mol. The quantitative estimate of drug-likeness (QED) is 0.765. The highest BCUT2D eigenvalue weighted by molar-refractivity contribution is 9.08. The maximum absolute atomic E-state index is 5.93. The molecule has 0 spiro atoms. The first kappa shape index (κ1) is 14.3. The molecule has 1 aliphatic heterocycles. The highest BCUT2D eigenvalue weighted by Gasteiger charge is 2.23. The third kappa shape index (κ3) is 3.16. The van der Waals surface area contributed by atoms with Gasteiger partial charge in [0.1, 0.15) is 30.0 Å². The summed E-state index contributed by atoms with van der Waals surface area (Å²) in [6, 6.07) is 14.0. The van der Waals surface area contributed by atoms with Crippen molar-refractivity contribution >= 4 is 15.9 Å². The van der Waals surface area contributed by atoms with Gasteiger partial charge in [0, 0.05) is 17.3 Å². The standard InChI is InChI=1S/C17H17BrO3/c1-19-14-6-7-16(13(9-14)10-18)20-11-15-8-12-4-2-3-5-17(12)21-15/h2-7,9,15H,8,10-11H2,1H3. The summed E-state index contributed by atoms with van der Waals surface area (Å²) in [5.74, 6) is 2.68. The first-order valence-electron chi connectivity index (χ1n) is 6.90. The van der Waals surface area contributed by atoms with Crippen LogP contribution >= 0.6 is 15.9 Å². The van der Waals surface area contributed by atoms with Gasteiger partial charge in [-0.25, -0.2) is 0 Å². The molecule has 4 heteroatoms. The highest BCUT2D eigenvalue weighted by atomic mass is 79.9. The van der Waals surface area contributed by atoms with Gasteiger partial charge < -0.3 is 14.2 Å². The van der Waals surface area contributed by atoms with E-state index in [0.29, 0.717) is 6.61 Å². The Morgan fingerprint density at radius 1 is 1.24 bits per heavy atom. The first-order chi connectivity index (χ1) is 10.3. The first-order valence-corrected chi connectivity index (χ1v) is 8.02. The second kappa shape index (κ2) is 6.39. The monoisotopic (exact) mass is 348 g/mol. The van der Waals surface area contributed by atoms with Crippen molar-refractivity contribution in [3.8, 4) is 17.2 Å². The van der Waals surface area contributed by atoms with Crippen molar-refractivity contribution in [1.82, 2.24) is 0 Å². The van der Waals surface area contributed by atoms with Crippen molar-refractivity contribution in [2.75, 3.05) is 13.7 Å². The van der Waals surface area contributed by atoms with E-state index >= 15 is 0 Å². The number of benzene rings is 2. The van der Waals surface area contributed by atoms with Gasteiger partial charge in [-0.3, -0.25) is 0 Å². The highest BCUT2D eigenvalue weighted by Crippen LogP contribution is 2.30. The Hall–Kier alpha value is -1.68. The molecule has 1 heterocycles. The van der Waals surface area contributed by atoms with Crippen molar-refractivity contribution in [2.45, 2.75) is 17.9 Å². The van der Waals surface area contributed by atoms with Crippen LogP contribution < -0.4 is 14.2 Å². The molecule has 21 heavy (non-hydrogen) atoms. The maximum Gasteiger partial charge on any atom is 0.137 e. The van der Waals surface area contributed by atoms with Crippen molar-refractivity contribution in [2.24, 2.45) is 0 Å². The lowest BCUT2D eigenvalue weighted by Gasteiger charge is -2.15. The molecule has 1 unspecified atom stereocenters. The van der Waals surface area contributed by atoms with Crippen LogP contribution in [0.5, 0.6) is 17.2 Å². The Morgan fingerprint density at radius 2 is 2.10 bits per heavy atom. The Balaban J connectivity index is 1.64. The Morgan fingerprint density at radius 3 is 2.86 bits per heavy atom. The largest absolute Gasteiger partial charge is 0.497 e. The van der Waals surface area contributed by atoms with E-state index in [9.17, 15) is 0 Å². The molecule has 0 N–H and O–H groups in total. The van der Waals surface area contributed by atoms with Crippen LogP contribution in [0.15, 0.2) is 42.5 Å². The van der Waals surface area contributed by atoms with Crippen LogP contribution in [0.25, 0.3) is 0 Å². The van der Waals surface area contributed by atoms with E-state index in [1.165, 1.54) is 5.56 Å². The molecule has 0 aliphatic carbocycles. The van der Waals surface area contributed by atoms with E-state index in [-0.39, 0.29) is 6.10 Å². The predicted octanol–water partition coefficient (Wildman–Crippen LogP) is 3.97. The fourth-order valence-electron chi connectivity index (χ4n) is 2.46. The van der Waals surface area contributed by atoms with Crippen LogP contribution in [0, 0.1) is 0 Å². The lowest BCUT2D eigenvalue weighted by molar-refractivity contribution is 0.148. The number of hydrogen-bond acceptors (Lipinski definition) is 3. The summed E-state index contributed by atoms with van der Waals surface area (Å²) >= 11 is 3.48. The summed E-state index contributed by atoms with van der Waals surface area (Å²) in [6.45, 7) is 0.543. The number of halogens is 1. The molecule has 2 aromatic rings. The predicted molar refractivity (Wildman–Crippen MR) is 85.7 cm³/mol. The molecule has 0 radical (unpaired) electrons. The minimum absolute atomic E-state index is 0.0766. The number of hydrogen-bond donors (Lipinski definition) is 0. The zero-order valence-corrected chi connectivity index (χ0v) is 13.4. The van der Waals surface area contributed by atoms with E-state index < -0.39 is 0 Å². The smallest absolute Gasteiger partial charge is 0.137 e. The van der Waals surface area contributed by atoms with Gasteiger partial charge in [-0.05, 0) is 29.8 Å². The molecule has 0 fully saturated rings. The third-order valence-corrected chi connectivity index (χ3v) is 4.15. The number of rotatable bonds is 5. The van der Waals surface area contributed by atoms with Gasteiger partial charge in [-0.15, -0.1) is 0 Å². The number of alkyl halides is 1. The van der Waals surface area contributed by atoms with Crippen LogP contribution in [-0.2, 0) is 11.8 Å². The zero-order chi connectivity index (χ0) is 14.7. The molecule has 0 bridgehead atoms. The van der Waals surface area contributed by atoms with E-state index in [0.717, 1.165) is 34.6 Å². The molecule has 0 aromatic heterocycles. The molecule has 0 amide bonds. The summed E-state index contributed by atoms with van der Waals surface area (Å²) in [4.78, 5) is 0. The van der Waals surface area contributed by atoms with Gasteiger partial charge in [0.2, 0.25) is 0 Å². The van der Waals surface area contributed by atoms with Crippen molar-refractivity contribution in [1.29, 1.82) is 0 Å². The molecule has 3 rings (SSSR count).